The van der Waals surface area contributed by atoms with Gasteiger partial charge in [-0.15, -0.1) is 0 Å². The largest absolute Gasteiger partial charge is 0.387 e. The van der Waals surface area contributed by atoms with Gasteiger partial charge in [0.05, 0.1) is 6.10 Å². The summed E-state index contributed by atoms with van der Waals surface area (Å²) in [5.74, 6) is 0. The van der Waals surface area contributed by atoms with Gasteiger partial charge in [-0.05, 0) is 41.5 Å². The van der Waals surface area contributed by atoms with E-state index in [1.165, 1.54) is 0 Å². The summed E-state index contributed by atoms with van der Waals surface area (Å²) in [5.41, 5.74) is 2.04. The van der Waals surface area contributed by atoms with Gasteiger partial charge in [-0.2, -0.15) is 0 Å². The van der Waals surface area contributed by atoms with Crippen LogP contribution in [0.3, 0.4) is 0 Å². The Morgan fingerprint density at radius 3 is 2.43 bits per heavy atom. The molecule has 0 aliphatic rings. The van der Waals surface area contributed by atoms with Gasteiger partial charge < -0.3 is 10.4 Å². The third kappa shape index (κ3) is 4.55. The third-order valence-electron chi connectivity index (χ3n) is 3.11. The predicted molar refractivity (Wildman–Crippen MR) is 85.0 cm³/mol. The Kier molecular flexibility index (Phi) is 5.76. The number of aldehydes is 1. The molecule has 21 heavy (non-hydrogen) atoms. The molecule has 1 atom stereocenters. The van der Waals surface area contributed by atoms with Crippen LogP contribution in [-0.4, -0.2) is 17.9 Å². The smallest absolute Gasteiger partial charge is 0.150 e. The molecule has 0 fully saturated rings. The number of benzene rings is 2. The van der Waals surface area contributed by atoms with Crippen molar-refractivity contribution in [3.63, 3.8) is 0 Å². The van der Waals surface area contributed by atoms with Gasteiger partial charge in [0.2, 0.25) is 0 Å². The van der Waals surface area contributed by atoms with Gasteiger partial charge in [-0.25, -0.2) is 0 Å². The van der Waals surface area contributed by atoms with Crippen LogP contribution < -0.4 is 5.32 Å². The van der Waals surface area contributed by atoms with Gasteiger partial charge in [0.1, 0.15) is 6.29 Å². The molecule has 2 aromatic carbocycles. The van der Waals surface area contributed by atoms with E-state index < -0.39 is 6.10 Å². The molecule has 3 nitrogen and oxygen atoms in total. The molecule has 0 saturated heterocycles. The summed E-state index contributed by atoms with van der Waals surface area (Å²) < 4.78 is 0. The van der Waals surface area contributed by atoms with E-state index in [-0.39, 0.29) is 0 Å². The SMILES string of the molecule is O=Cc1ccc(Cl)cc1C(O)CNCc1ccc(Cl)cc1. The highest BCUT2D eigenvalue weighted by Gasteiger charge is 2.12. The second-order valence-corrected chi connectivity index (χ2v) is 5.54. The molecule has 0 spiro atoms. The van der Waals surface area contributed by atoms with Crippen LogP contribution in [-0.2, 0) is 6.54 Å². The minimum absolute atomic E-state index is 0.323. The maximum Gasteiger partial charge on any atom is 0.150 e. The number of hydrogen-bond donors (Lipinski definition) is 2. The zero-order valence-electron chi connectivity index (χ0n) is 11.2. The number of nitrogens with one attached hydrogen (secondary N) is 1. The molecule has 1 unspecified atom stereocenters. The lowest BCUT2D eigenvalue weighted by Gasteiger charge is -2.14. The number of hydrogen-bond acceptors (Lipinski definition) is 3. The molecule has 5 heteroatoms. The van der Waals surface area contributed by atoms with E-state index >= 15 is 0 Å². The standard InChI is InChI=1S/C16H15Cl2NO2/c17-13-4-1-11(2-5-13)8-19-9-16(21)15-7-14(18)6-3-12(15)10-20/h1-7,10,16,19,21H,8-9H2. The maximum atomic E-state index is 11.0. The van der Waals surface area contributed by atoms with Gasteiger partial charge in [-0.1, -0.05) is 35.3 Å². The van der Waals surface area contributed by atoms with Crippen molar-refractivity contribution in [1.29, 1.82) is 0 Å². The summed E-state index contributed by atoms with van der Waals surface area (Å²) in [5, 5.41) is 14.5. The molecular formula is C16H15Cl2NO2. The quantitative estimate of drug-likeness (QED) is 0.798. The van der Waals surface area contributed by atoms with Crippen LogP contribution in [0.1, 0.15) is 27.6 Å². The number of carbonyl (C=O) groups excluding carboxylic acids is 1. The fraction of sp³-hybridized carbons (Fsp3) is 0.188. The summed E-state index contributed by atoms with van der Waals surface area (Å²) in [7, 11) is 0. The second-order valence-electron chi connectivity index (χ2n) is 4.66. The van der Waals surface area contributed by atoms with Gasteiger partial charge in [0.15, 0.2) is 0 Å². The highest BCUT2D eigenvalue weighted by Crippen LogP contribution is 2.21. The summed E-state index contributed by atoms with van der Waals surface area (Å²) in [6.07, 6.45) is -0.0788. The van der Waals surface area contributed by atoms with Crippen LogP contribution in [0.5, 0.6) is 0 Å². The van der Waals surface area contributed by atoms with Crippen LogP contribution in [0.25, 0.3) is 0 Å². The van der Waals surface area contributed by atoms with Crippen LogP contribution in [0, 0.1) is 0 Å². The Morgan fingerprint density at radius 1 is 1.10 bits per heavy atom. The van der Waals surface area contributed by atoms with E-state index in [9.17, 15) is 9.90 Å². The molecule has 0 heterocycles. The topological polar surface area (TPSA) is 49.3 Å². The number of aliphatic hydroxyl groups is 1. The van der Waals surface area contributed by atoms with E-state index in [1.807, 2.05) is 24.3 Å². The van der Waals surface area contributed by atoms with Crippen molar-refractivity contribution in [3.05, 3.63) is 69.2 Å². The van der Waals surface area contributed by atoms with E-state index in [2.05, 4.69) is 5.32 Å². The third-order valence-corrected chi connectivity index (χ3v) is 3.60. The van der Waals surface area contributed by atoms with Crippen molar-refractivity contribution in [3.8, 4) is 0 Å². The Balaban J connectivity index is 1.95. The Labute approximate surface area is 133 Å². The first-order chi connectivity index (χ1) is 10.1. The van der Waals surface area contributed by atoms with Crippen LogP contribution in [0.2, 0.25) is 10.0 Å². The second kappa shape index (κ2) is 7.57. The van der Waals surface area contributed by atoms with Gasteiger partial charge >= 0.3 is 0 Å². The monoisotopic (exact) mass is 323 g/mol. The molecule has 0 amide bonds. The normalized spacial score (nSPS) is 12.1. The lowest BCUT2D eigenvalue weighted by atomic mass is 10.0. The molecule has 0 aliphatic heterocycles. The zero-order valence-corrected chi connectivity index (χ0v) is 12.7. The number of carbonyl (C=O) groups is 1. The van der Waals surface area contributed by atoms with Crippen molar-refractivity contribution in [2.24, 2.45) is 0 Å². The summed E-state index contributed by atoms with van der Waals surface area (Å²) >= 11 is 11.7. The molecule has 2 aromatic rings. The Hall–Kier alpha value is -1.39. The predicted octanol–water partition coefficient (Wildman–Crippen LogP) is 3.63. The zero-order chi connectivity index (χ0) is 15.2. The van der Waals surface area contributed by atoms with Crippen molar-refractivity contribution in [2.45, 2.75) is 12.6 Å². The van der Waals surface area contributed by atoms with Crippen molar-refractivity contribution >= 4 is 29.5 Å². The van der Waals surface area contributed by atoms with Gasteiger partial charge in [0.25, 0.3) is 0 Å². The summed E-state index contributed by atoms with van der Waals surface area (Å²) in [4.78, 5) is 11.0. The maximum absolute atomic E-state index is 11.0. The van der Waals surface area contributed by atoms with Gasteiger partial charge in [0, 0.05) is 28.7 Å². The molecule has 0 aromatic heterocycles. The fourth-order valence-electron chi connectivity index (χ4n) is 2.01. The first-order valence-electron chi connectivity index (χ1n) is 6.48. The van der Waals surface area contributed by atoms with Crippen LogP contribution >= 0.6 is 23.2 Å². The van der Waals surface area contributed by atoms with Crippen molar-refractivity contribution in [1.82, 2.24) is 5.32 Å². The van der Waals surface area contributed by atoms with E-state index in [0.717, 1.165) is 5.56 Å². The molecule has 110 valence electrons. The van der Waals surface area contributed by atoms with Crippen molar-refractivity contribution in [2.75, 3.05) is 6.54 Å². The lowest BCUT2D eigenvalue weighted by molar-refractivity contribution is 0.111. The Bertz CT molecular complexity index is 614. The molecule has 2 N–H and O–H groups in total. The lowest BCUT2D eigenvalue weighted by Crippen LogP contribution is -2.21. The number of aliphatic hydroxyl groups excluding tert-OH is 1. The van der Waals surface area contributed by atoms with Crippen LogP contribution in [0.15, 0.2) is 42.5 Å². The summed E-state index contributed by atoms with van der Waals surface area (Å²) in [6.45, 7) is 0.926. The molecule has 2 rings (SSSR count). The first-order valence-corrected chi connectivity index (χ1v) is 7.23. The molecule has 0 aliphatic carbocycles. The minimum atomic E-state index is -0.795. The van der Waals surface area contributed by atoms with E-state index in [1.54, 1.807) is 18.2 Å². The molecule has 0 bridgehead atoms. The van der Waals surface area contributed by atoms with Crippen LogP contribution in [0.4, 0.5) is 0 Å². The average Bonchev–Trinajstić information content (AvgIpc) is 2.49. The molecule has 0 radical (unpaired) electrons. The highest BCUT2D eigenvalue weighted by molar-refractivity contribution is 6.30. The number of rotatable bonds is 6. The molecule has 0 saturated carbocycles. The van der Waals surface area contributed by atoms with E-state index in [0.29, 0.717) is 40.5 Å². The molecular weight excluding hydrogens is 309 g/mol. The summed E-state index contributed by atoms with van der Waals surface area (Å²) in [6, 6.07) is 12.3. The van der Waals surface area contributed by atoms with Crippen molar-refractivity contribution < 1.29 is 9.90 Å². The minimum Gasteiger partial charge on any atom is -0.387 e. The number of halogens is 2. The average molecular weight is 324 g/mol. The Morgan fingerprint density at radius 2 is 1.76 bits per heavy atom. The van der Waals surface area contributed by atoms with Gasteiger partial charge in [-0.3, -0.25) is 4.79 Å². The first kappa shape index (κ1) is 16.0. The highest BCUT2D eigenvalue weighted by atomic mass is 35.5. The fourth-order valence-corrected chi connectivity index (χ4v) is 2.31. The van der Waals surface area contributed by atoms with E-state index in [4.69, 9.17) is 23.2 Å².